The first-order chi connectivity index (χ1) is 6.86. The third-order valence-corrected chi connectivity index (χ3v) is 1.88. The van der Waals surface area contributed by atoms with Crippen LogP contribution in [-0.2, 0) is 12.7 Å². The van der Waals surface area contributed by atoms with Crippen molar-refractivity contribution < 1.29 is 23.1 Å². The monoisotopic (exact) mass is 255 g/mol. The third-order valence-electron chi connectivity index (χ3n) is 1.88. The molecule has 1 aromatic rings. The highest BCUT2D eigenvalue weighted by atomic mass is 35.5. The van der Waals surface area contributed by atoms with Gasteiger partial charge in [0.05, 0.1) is 11.1 Å². The van der Waals surface area contributed by atoms with E-state index in [-0.39, 0.29) is 30.1 Å². The van der Waals surface area contributed by atoms with Gasteiger partial charge in [0.2, 0.25) is 0 Å². The number of carboxylic acids is 1. The van der Waals surface area contributed by atoms with E-state index in [1.54, 1.807) is 0 Å². The first-order valence-electron chi connectivity index (χ1n) is 3.99. The van der Waals surface area contributed by atoms with Gasteiger partial charge in [0.1, 0.15) is 0 Å². The molecule has 7 heteroatoms. The molecule has 0 heterocycles. The standard InChI is InChI=1S/C9H8F3NO2.ClH/c10-9(11,12)7-2-1-5(8(14)15)3-6(7)4-13;/h1-3H,4,13H2,(H,14,15);1H. The highest BCUT2D eigenvalue weighted by molar-refractivity contribution is 5.87. The SMILES string of the molecule is Cl.NCc1cc(C(=O)O)ccc1C(F)(F)F. The van der Waals surface area contributed by atoms with E-state index in [4.69, 9.17) is 10.8 Å². The number of halogens is 4. The topological polar surface area (TPSA) is 63.3 Å². The Labute approximate surface area is 95.5 Å². The number of hydrogen-bond donors (Lipinski definition) is 2. The van der Waals surface area contributed by atoms with Gasteiger partial charge in [-0.1, -0.05) is 0 Å². The number of nitrogens with two attached hydrogens (primary N) is 1. The van der Waals surface area contributed by atoms with Crippen LogP contribution in [0.3, 0.4) is 0 Å². The molecule has 0 saturated carbocycles. The lowest BCUT2D eigenvalue weighted by Crippen LogP contribution is -2.13. The lowest BCUT2D eigenvalue weighted by molar-refractivity contribution is -0.138. The zero-order valence-corrected chi connectivity index (χ0v) is 8.73. The second-order valence-electron chi connectivity index (χ2n) is 2.88. The second-order valence-corrected chi connectivity index (χ2v) is 2.88. The normalized spacial score (nSPS) is 10.8. The maximum absolute atomic E-state index is 12.4. The Bertz CT molecular complexity index is 393. The van der Waals surface area contributed by atoms with E-state index in [1.807, 2.05) is 0 Å². The minimum atomic E-state index is -4.51. The maximum Gasteiger partial charge on any atom is 0.416 e. The number of carbonyl (C=O) groups is 1. The van der Waals surface area contributed by atoms with Gasteiger partial charge in [0.15, 0.2) is 0 Å². The van der Waals surface area contributed by atoms with Crippen LogP contribution in [0.5, 0.6) is 0 Å². The number of hydrogen-bond acceptors (Lipinski definition) is 2. The van der Waals surface area contributed by atoms with Crippen LogP contribution in [0.2, 0.25) is 0 Å². The molecule has 0 aliphatic carbocycles. The van der Waals surface area contributed by atoms with E-state index >= 15 is 0 Å². The molecule has 1 aromatic carbocycles. The predicted octanol–water partition coefficient (Wildman–Crippen LogP) is 2.28. The molecule has 1 rings (SSSR count). The minimum absolute atomic E-state index is 0. The van der Waals surface area contributed by atoms with E-state index in [0.29, 0.717) is 0 Å². The molecule has 0 fully saturated rings. The summed E-state index contributed by atoms with van der Waals surface area (Å²) in [5.41, 5.74) is 3.80. The number of aromatic carboxylic acids is 1. The third kappa shape index (κ3) is 3.11. The number of rotatable bonds is 2. The summed E-state index contributed by atoms with van der Waals surface area (Å²) in [4.78, 5) is 10.5. The smallest absolute Gasteiger partial charge is 0.416 e. The Hall–Kier alpha value is -1.27. The molecule has 90 valence electrons. The summed E-state index contributed by atoms with van der Waals surface area (Å²) in [6.07, 6.45) is -4.51. The molecule has 0 amide bonds. The molecule has 0 saturated heterocycles. The van der Waals surface area contributed by atoms with Gasteiger partial charge in [0.25, 0.3) is 0 Å². The highest BCUT2D eigenvalue weighted by Gasteiger charge is 2.33. The van der Waals surface area contributed by atoms with Gasteiger partial charge >= 0.3 is 12.1 Å². The Morgan fingerprint density at radius 2 is 1.94 bits per heavy atom. The fraction of sp³-hybridized carbons (Fsp3) is 0.222. The van der Waals surface area contributed by atoms with Crippen LogP contribution in [0.25, 0.3) is 0 Å². The molecule has 0 atom stereocenters. The van der Waals surface area contributed by atoms with Crippen LogP contribution >= 0.6 is 12.4 Å². The Balaban J connectivity index is 0.00000225. The van der Waals surface area contributed by atoms with Crippen LogP contribution in [-0.4, -0.2) is 11.1 Å². The van der Waals surface area contributed by atoms with Crippen LogP contribution in [0.15, 0.2) is 18.2 Å². The summed E-state index contributed by atoms with van der Waals surface area (Å²) < 4.78 is 37.1. The zero-order chi connectivity index (χ0) is 11.6. The Morgan fingerprint density at radius 1 is 1.38 bits per heavy atom. The molecule has 0 aromatic heterocycles. The fourth-order valence-electron chi connectivity index (χ4n) is 1.17. The fourth-order valence-corrected chi connectivity index (χ4v) is 1.17. The van der Waals surface area contributed by atoms with Crippen molar-refractivity contribution >= 4 is 18.4 Å². The van der Waals surface area contributed by atoms with Crippen LogP contribution < -0.4 is 5.73 Å². The molecule has 0 aliphatic heterocycles. The van der Waals surface area contributed by atoms with Gasteiger partial charge in [-0.2, -0.15) is 13.2 Å². The van der Waals surface area contributed by atoms with Crippen molar-refractivity contribution in [3.63, 3.8) is 0 Å². The molecule has 0 unspecified atom stereocenters. The summed E-state index contributed by atoms with van der Waals surface area (Å²) in [6, 6.07) is 2.57. The van der Waals surface area contributed by atoms with Crippen molar-refractivity contribution in [2.45, 2.75) is 12.7 Å². The van der Waals surface area contributed by atoms with E-state index in [9.17, 15) is 18.0 Å². The summed E-state index contributed by atoms with van der Waals surface area (Å²) >= 11 is 0. The molecule has 3 nitrogen and oxygen atoms in total. The molecule has 0 aliphatic rings. The Morgan fingerprint density at radius 3 is 2.31 bits per heavy atom. The number of benzene rings is 1. The summed E-state index contributed by atoms with van der Waals surface area (Å²) in [5.74, 6) is -1.28. The van der Waals surface area contributed by atoms with Crippen molar-refractivity contribution in [3.05, 3.63) is 34.9 Å². The van der Waals surface area contributed by atoms with Gasteiger partial charge in [-0.05, 0) is 23.8 Å². The molecule has 16 heavy (non-hydrogen) atoms. The largest absolute Gasteiger partial charge is 0.478 e. The van der Waals surface area contributed by atoms with Crippen molar-refractivity contribution in [2.75, 3.05) is 0 Å². The minimum Gasteiger partial charge on any atom is -0.478 e. The predicted molar refractivity (Wildman–Crippen MR) is 53.5 cm³/mol. The van der Waals surface area contributed by atoms with Gasteiger partial charge in [-0.3, -0.25) is 0 Å². The summed E-state index contributed by atoms with van der Waals surface area (Å²) in [5, 5.41) is 8.58. The van der Waals surface area contributed by atoms with Crippen LogP contribution in [0.4, 0.5) is 13.2 Å². The Kier molecular flexibility index (Phi) is 4.77. The summed E-state index contributed by atoms with van der Waals surface area (Å²) in [6.45, 7) is -0.351. The van der Waals surface area contributed by atoms with Crippen LogP contribution in [0, 0.1) is 0 Å². The first kappa shape index (κ1) is 14.7. The van der Waals surface area contributed by atoms with Crippen molar-refractivity contribution in [1.29, 1.82) is 0 Å². The van der Waals surface area contributed by atoms with Crippen molar-refractivity contribution in [2.24, 2.45) is 5.73 Å². The average Bonchev–Trinajstić information content (AvgIpc) is 2.15. The molecule has 3 N–H and O–H groups in total. The van der Waals surface area contributed by atoms with Gasteiger partial charge in [-0.25, -0.2) is 4.79 Å². The van der Waals surface area contributed by atoms with Crippen molar-refractivity contribution in [1.82, 2.24) is 0 Å². The first-order valence-corrected chi connectivity index (χ1v) is 3.99. The van der Waals surface area contributed by atoms with Gasteiger partial charge in [-0.15, -0.1) is 12.4 Å². The van der Waals surface area contributed by atoms with Crippen molar-refractivity contribution in [3.8, 4) is 0 Å². The van der Waals surface area contributed by atoms with Gasteiger partial charge in [0, 0.05) is 6.54 Å². The molecular weight excluding hydrogens is 247 g/mol. The summed E-state index contributed by atoms with van der Waals surface area (Å²) in [7, 11) is 0. The lowest BCUT2D eigenvalue weighted by Gasteiger charge is -2.11. The molecule has 0 bridgehead atoms. The zero-order valence-electron chi connectivity index (χ0n) is 7.91. The quantitative estimate of drug-likeness (QED) is 0.852. The lowest BCUT2D eigenvalue weighted by atomic mass is 10.0. The second kappa shape index (κ2) is 5.18. The maximum atomic E-state index is 12.4. The van der Waals surface area contributed by atoms with E-state index in [2.05, 4.69) is 0 Å². The molecule has 0 radical (unpaired) electrons. The average molecular weight is 256 g/mol. The van der Waals surface area contributed by atoms with Crippen LogP contribution in [0.1, 0.15) is 21.5 Å². The van der Waals surface area contributed by atoms with Gasteiger partial charge < -0.3 is 10.8 Å². The van der Waals surface area contributed by atoms with E-state index in [0.717, 1.165) is 18.2 Å². The number of alkyl halides is 3. The molecule has 0 spiro atoms. The van der Waals surface area contributed by atoms with E-state index < -0.39 is 17.7 Å². The number of carboxylic acid groups (broad SMARTS) is 1. The highest BCUT2D eigenvalue weighted by Crippen LogP contribution is 2.32. The van der Waals surface area contributed by atoms with E-state index in [1.165, 1.54) is 0 Å². The molecular formula is C9H9ClF3NO2.